The molecule has 1 N–H and O–H groups in total. The number of carbonyl (C=O) groups is 1. The maximum absolute atomic E-state index is 11.5. The van der Waals surface area contributed by atoms with Crippen LogP contribution in [-0.4, -0.2) is 11.1 Å². The van der Waals surface area contributed by atoms with Crippen LogP contribution in [0, 0.1) is 5.92 Å². The Balaban J connectivity index is 2.20. The van der Waals surface area contributed by atoms with E-state index in [4.69, 9.17) is 23.2 Å². The van der Waals surface area contributed by atoms with Crippen molar-refractivity contribution < 1.29 is 9.90 Å². The normalized spacial score (nSPS) is 12.1. The lowest BCUT2D eigenvalue weighted by Gasteiger charge is -2.14. The fraction of sp³-hybridized carbons (Fsp3) is 0.188. The van der Waals surface area contributed by atoms with Crippen molar-refractivity contribution >= 4 is 45.1 Å². The van der Waals surface area contributed by atoms with E-state index in [0.29, 0.717) is 22.9 Å². The molecule has 0 saturated carbocycles. The molecule has 1 atom stereocenters. The van der Waals surface area contributed by atoms with Crippen molar-refractivity contribution in [1.82, 2.24) is 0 Å². The molecule has 0 amide bonds. The second-order valence-corrected chi connectivity index (χ2v) is 6.57. The van der Waals surface area contributed by atoms with Gasteiger partial charge < -0.3 is 5.11 Å². The second-order valence-electron chi connectivity index (χ2n) is 4.81. The number of carboxylic acids is 1. The van der Waals surface area contributed by atoms with Gasteiger partial charge in [-0.25, -0.2) is 0 Å². The van der Waals surface area contributed by atoms with Crippen molar-refractivity contribution in [3.63, 3.8) is 0 Å². The van der Waals surface area contributed by atoms with Gasteiger partial charge in [-0.05, 0) is 54.3 Å². The number of rotatable bonds is 5. The van der Waals surface area contributed by atoms with Gasteiger partial charge in [-0.15, -0.1) is 0 Å². The fourth-order valence-corrected chi connectivity index (χ4v) is 3.00. The Morgan fingerprint density at radius 1 is 1.14 bits per heavy atom. The third-order valence-corrected chi connectivity index (χ3v) is 4.29. The Morgan fingerprint density at radius 2 is 1.90 bits per heavy atom. The molecule has 2 nitrogen and oxygen atoms in total. The van der Waals surface area contributed by atoms with Crippen molar-refractivity contribution in [3.8, 4) is 0 Å². The molecule has 0 heterocycles. The van der Waals surface area contributed by atoms with Crippen LogP contribution in [0.4, 0.5) is 0 Å². The van der Waals surface area contributed by atoms with Gasteiger partial charge in [-0.3, -0.25) is 4.79 Å². The molecule has 2 aromatic carbocycles. The van der Waals surface area contributed by atoms with Crippen molar-refractivity contribution in [2.45, 2.75) is 12.8 Å². The number of hydrogen-bond acceptors (Lipinski definition) is 1. The standard InChI is InChI=1S/C16H13BrCl2O2/c17-13-3-1-2-10(7-13)6-12(16(20)21)8-11-9-14(18)4-5-15(11)19/h1-5,7,9,12H,6,8H2,(H,20,21). The van der Waals surface area contributed by atoms with E-state index >= 15 is 0 Å². The molecule has 2 rings (SSSR count). The van der Waals surface area contributed by atoms with Gasteiger partial charge in [0.05, 0.1) is 5.92 Å². The molecule has 0 bridgehead atoms. The molecular weight excluding hydrogens is 375 g/mol. The van der Waals surface area contributed by atoms with Crippen LogP contribution >= 0.6 is 39.1 Å². The molecule has 0 aliphatic carbocycles. The van der Waals surface area contributed by atoms with Crippen molar-refractivity contribution in [3.05, 3.63) is 68.1 Å². The molecule has 0 radical (unpaired) electrons. The summed E-state index contributed by atoms with van der Waals surface area (Å²) in [5.74, 6) is -1.39. The molecule has 0 aromatic heterocycles. The van der Waals surface area contributed by atoms with Gasteiger partial charge in [0.2, 0.25) is 0 Å². The van der Waals surface area contributed by atoms with Crippen LogP contribution in [0.15, 0.2) is 46.9 Å². The van der Waals surface area contributed by atoms with Gasteiger partial charge in [0.1, 0.15) is 0 Å². The number of aliphatic carboxylic acids is 1. The van der Waals surface area contributed by atoms with Crippen molar-refractivity contribution in [2.24, 2.45) is 5.92 Å². The number of hydrogen-bond donors (Lipinski definition) is 1. The second kappa shape index (κ2) is 7.30. The fourth-order valence-electron chi connectivity index (χ4n) is 2.16. The Kier molecular flexibility index (Phi) is 5.68. The molecule has 0 saturated heterocycles. The number of benzene rings is 2. The van der Waals surface area contributed by atoms with Gasteiger partial charge in [0, 0.05) is 14.5 Å². The summed E-state index contributed by atoms with van der Waals surface area (Å²) in [6.45, 7) is 0. The summed E-state index contributed by atoms with van der Waals surface area (Å²) in [4.78, 5) is 11.5. The summed E-state index contributed by atoms with van der Waals surface area (Å²) in [6, 6.07) is 12.8. The summed E-state index contributed by atoms with van der Waals surface area (Å²) in [5, 5.41) is 10.5. The molecule has 2 aromatic rings. The highest BCUT2D eigenvalue weighted by Gasteiger charge is 2.20. The third kappa shape index (κ3) is 4.73. The summed E-state index contributed by atoms with van der Waals surface area (Å²) in [5.41, 5.74) is 1.72. The summed E-state index contributed by atoms with van der Waals surface area (Å²) in [6.07, 6.45) is 0.791. The van der Waals surface area contributed by atoms with Gasteiger partial charge in [0.25, 0.3) is 0 Å². The first-order valence-electron chi connectivity index (χ1n) is 6.37. The van der Waals surface area contributed by atoms with Crippen LogP contribution < -0.4 is 0 Å². The first kappa shape index (κ1) is 16.3. The monoisotopic (exact) mass is 386 g/mol. The lowest BCUT2D eigenvalue weighted by atomic mass is 9.92. The molecule has 5 heteroatoms. The predicted molar refractivity (Wildman–Crippen MR) is 89.1 cm³/mol. The lowest BCUT2D eigenvalue weighted by molar-refractivity contribution is -0.141. The van der Waals surface area contributed by atoms with Crippen molar-refractivity contribution in [1.29, 1.82) is 0 Å². The first-order chi connectivity index (χ1) is 9.95. The molecule has 0 fully saturated rings. The average Bonchev–Trinajstić information content (AvgIpc) is 2.42. The van der Waals surface area contributed by atoms with Crippen LogP contribution in [0.3, 0.4) is 0 Å². The minimum atomic E-state index is -0.842. The highest BCUT2D eigenvalue weighted by atomic mass is 79.9. The van der Waals surface area contributed by atoms with Crippen LogP contribution in [0.1, 0.15) is 11.1 Å². The van der Waals surface area contributed by atoms with E-state index in [1.54, 1.807) is 18.2 Å². The zero-order chi connectivity index (χ0) is 15.4. The van der Waals surface area contributed by atoms with E-state index < -0.39 is 11.9 Å². The van der Waals surface area contributed by atoms with Gasteiger partial charge in [-0.2, -0.15) is 0 Å². The molecule has 21 heavy (non-hydrogen) atoms. The van der Waals surface area contributed by atoms with E-state index in [0.717, 1.165) is 15.6 Å². The average molecular weight is 388 g/mol. The van der Waals surface area contributed by atoms with Crippen LogP contribution in [-0.2, 0) is 17.6 Å². The first-order valence-corrected chi connectivity index (χ1v) is 7.92. The van der Waals surface area contributed by atoms with E-state index in [2.05, 4.69) is 15.9 Å². The van der Waals surface area contributed by atoms with E-state index in [1.165, 1.54) is 0 Å². The highest BCUT2D eigenvalue weighted by molar-refractivity contribution is 9.10. The largest absolute Gasteiger partial charge is 0.481 e. The van der Waals surface area contributed by atoms with Crippen LogP contribution in [0.25, 0.3) is 0 Å². The van der Waals surface area contributed by atoms with E-state index in [1.807, 2.05) is 24.3 Å². The molecule has 1 unspecified atom stereocenters. The van der Waals surface area contributed by atoms with Gasteiger partial charge in [-0.1, -0.05) is 51.3 Å². The molecule has 0 aliphatic heterocycles. The molecule has 0 spiro atoms. The summed E-state index contributed by atoms with van der Waals surface area (Å²) < 4.78 is 0.935. The van der Waals surface area contributed by atoms with Gasteiger partial charge in [0.15, 0.2) is 0 Å². The van der Waals surface area contributed by atoms with Crippen LogP contribution in [0.2, 0.25) is 10.0 Å². The zero-order valence-corrected chi connectivity index (χ0v) is 14.1. The van der Waals surface area contributed by atoms with E-state index in [9.17, 15) is 9.90 Å². The third-order valence-electron chi connectivity index (χ3n) is 3.19. The van der Waals surface area contributed by atoms with Gasteiger partial charge >= 0.3 is 5.97 Å². The SMILES string of the molecule is O=C(O)C(Cc1cccc(Br)c1)Cc1cc(Cl)ccc1Cl. The summed E-state index contributed by atoms with van der Waals surface area (Å²) >= 11 is 15.5. The number of carboxylic acid groups (broad SMARTS) is 1. The van der Waals surface area contributed by atoms with Crippen molar-refractivity contribution in [2.75, 3.05) is 0 Å². The predicted octanol–water partition coefficient (Wildman–Crippen LogP) is 5.24. The Bertz CT molecular complexity index is 658. The lowest BCUT2D eigenvalue weighted by Crippen LogP contribution is -2.19. The smallest absolute Gasteiger partial charge is 0.307 e. The van der Waals surface area contributed by atoms with Crippen LogP contribution in [0.5, 0.6) is 0 Å². The molecular formula is C16H13BrCl2O2. The Morgan fingerprint density at radius 3 is 2.57 bits per heavy atom. The Labute approximate surface area is 141 Å². The minimum Gasteiger partial charge on any atom is -0.481 e. The minimum absolute atomic E-state index is 0.348. The summed E-state index contributed by atoms with van der Waals surface area (Å²) in [7, 11) is 0. The maximum atomic E-state index is 11.5. The molecule has 110 valence electrons. The highest BCUT2D eigenvalue weighted by Crippen LogP contribution is 2.25. The quantitative estimate of drug-likeness (QED) is 0.761. The zero-order valence-electron chi connectivity index (χ0n) is 11.0. The topological polar surface area (TPSA) is 37.3 Å². The Hall–Kier alpha value is -1.03. The molecule has 0 aliphatic rings. The number of halogens is 3. The van der Waals surface area contributed by atoms with E-state index in [-0.39, 0.29) is 0 Å². The maximum Gasteiger partial charge on any atom is 0.307 e.